The summed E-state index contributed by atoms with van der Waals surface area (Å²) in [5, 5.41) is 1.98. The molecule has 0 N–H and O–H groups in total. The number of benzene rings is 1. The maximum Gasteiger partial charge on any atom is 0.387 e. The van der Waals surface area contributed by atoms with E-state index in [0.717, 1.165) is 10.4 Å². The van der Waals surface area contributed by atoms with E-state index in [1.165, 1.54) is 6.07 Å². The lowest BCUT2D eigenvalue weighted by molar-refractivity contribution is -0.0498. The largest absolute Gasteiger partial charge is 0.435 e. The third-order valence-corrected chi connectivity index (χ3v) is 4.43. The monoisotopic (exact) mass is 318 g/mol. The van der Waals surface area contributed by atoms with Crippen molar-refractivity contribution in [2.45, 2.75) is 11.4 Å². The molecule has 0 saturated carbocycles. The summed E-state index contributed by atoms with van der Waals surface area (Å²) >= 11 is 5.15. The van der Waals surface area contributed by atoms with Crippen molar-refractivity contribution in [3.8, 4) is 5.75 Å². The molecule has 0 amide bonds. The Bertz CT molecular complexity index is 473. The van der Waals surface area contributed by atoms with Crippen molar-refractivity contribution in [3.05, 3.63) is 52.2 Å². The maximum atomic E-state index is 12.1. The molecule has 90 valence electrons. The van der Waals surface area contributed by atoms with Gasteiger partial charge in [-0.15, -0.1) is 11.3 Å². The van der Waals surface area contributed by atoms with E-state index in [9.17, 15) is 8.78 Å². The van der Waals surface area contributed by atoms with Gasteiger partial charge in [-0.2, -0.15) is 8.78 Å². The van der Waals surface area contributed by atoms with Crippen molar-refractivity contribution in [3.63, 3.8) is 0 Å². The van der Waals surface area contributed by atoms with Crippen LogP contribution in [0.5, 0.6) is 5.75 Å². The highest BCUT2D eigenvalue weighted by Crippen LogP contribution is 2.35. The minimum Gasteiger partial charge on any atom is -0.435 e. The molecule has 1 heterocycles. The average Bonchev–Trinajstić information content (AvgIpc) is 2.81. The first-order valence-corrected chi connectivity index (χ1v) is 6.68. The van der Waals surface area contributed by atoms with E-state index < -0.39 is 6.61 Å². The summed E-state index contributed by atoms with van der Waals surface area (Å²) in [6, 6.07) is 10.7. The maximum absolute atomic E-state index is 12.1. The molecule has 0 radical (unpaired) electrons. The predicted molar refractivity (Wildman–Crippen MR) is 68.2 cm³/mol. The molecule has 0 aliphatic heterocycles. The molecule has 0 bridgehead atoms. The fraction of sp³-hybridized carbons (Fsp3) is 0.167. The van der Waals surface area contributed by atoms with Crippen molar-refractivity contribution >= 4 is 27.3 Å². The minimum atomic E-state index is -2.79. The molecule has 5 heteroatoms. The van der Waals surface area contributed by atoms with Crippen LogP contribution in [0.15, 0.2) is 41.8 Å². The van der Waals surface area contributed by atoms with Gasteiger partial charge in [-0.25, -0.2) is 0 Å². The van der Waals surface area contributed by atoms with Gasteiger partial charge in [-0.3, -0.25) is 0 Å². The predicted octanol–water partition coefficient (Wildman–Crippen LogP) is 4.83. The van der Waals surface area contributed by atoms with Gasteiger partial charge < -0.3 is 4.74 Å². The Morgan fingerprint density at radius 1 is 1.18 bits per heavy atom. The fourth-order valence-corrected chi connectivity index (χ4v) is 2.94. The molecule has 1 aromatic carbocycles. The molecule has 1 nitrogen and oxygen atoms in total. The van der Waals surface area contributed by atoms with Gasteiger partial charge in [0, 0.05) is 4.88 Å². The summed E-state index contributed by atoms with van der Waals surface area (Å²) in [6.07, 6.45) is 0. The molecule has 0 spiro atoms. The molecule has 17 heavy (non-hydrogen) atoms. The van der Waals surface area contributed by atoms with Crippen molar-refractivity contribution < 1.29 is 13.5 Å². The van der Waals surface area contributed by atoms with Crippen LogP contribution in [0.3, 0.4) is 0 Å². The van der Waals surface area contributed by atoms with E-state index >= 15 is 0 Å². The Kier molecular flexibility index (Phi) is 4.12. The molecular weight excluding hydrogens is 310 g/mol. The average molecular weight is 319 g/mol. The van der Waals surface area contributed by atoms with E-state index in [4.69, 9.17) is 0 Å². The molecule has 0 aliphatic carbocycles. The Balaban J connectivity index is 2.21. The summed E-state index contributed by atoms with van der Waals surface area (Å²) in [5.74, 6) is 0.179. The van der Waals surface area contributed by atoms with Crippen molar-refractivity contribution in [2.24, 2.45) is 0 Å². The van der Waals surface area contributed by atoms with Crippen molar-refractivity contribution in [1.29, 1.82) is 0 Å². The summed E-state index contributed by atoms with van der Waals surface area (Å²) in [5.41, 5.74) is 0.894. The number of hydrogen-bond acceptors (Lipinski definition) is 2. The molecule has 0 aliphatic rings. The van der Waals surface area contributed by atoms with Crippen LogP contribution in [0.25, 0.3) is 0 Å². The number of ether oxygens (including phenoxy) is 1. The number of thiophene rings is 1. The van der Waals surface area contributed by atoms with Crippen LogP contribution in [0, 0.1) is 0 Å². The van der Waals surface area contributed by atoms with Crippen LogP contribution in [0.1, 0.15) is 15.3 Å². The number of halogens is 3. The van der Waals surface area contributed by atoms with E-state index in [1.54, 1.807) is 23.5 Å². The standard InChI is InChI=1S/C12H9BrF2OS/c13-11(10-5-2-6-17-10)8-3-1-4-9(7-8)16-12(14)15/h1-7,11-12H. The van der Waals surface area contributed by atoms with Crippen LogP contribution < -0.4 is 4.74 Å². The number of rotatable bonds is 4. The van der Waals surface area contributed by atoms with Gasteiger partial charge in [0.05, 0.1) is 4.83 Å². The van der Waals surface area contributed by atoms with Crippen LogP contribution in [-0.4, -0.2) is 6.61 Å². The van der Waals surface area contributed by atoms with Gasteiger partial charge in [0.2, 0.25) is 0 Å². The lowest BCUT2D eigenvalue weighted by Crippen LogP contribution is -2.02. The highest BCUT2D eigenvalue weighted by atomic mass is 79.9. The quantitative estimate of drug-likeness (QED) is 0.733. The van der Waals surface area contributed by atoms with E-state index in [2.05, 4.69) is 20.7 Å². The molecule has 1 aromatic heterocycles. The zero-order valence-electron chi connectivity index (χ0n) is 8.65. The first kappa shape index (κ1) is 12.5. The smallest absolute Gasteiger partial charge is 0.387 e. The second-order valence-electron chi connectivity index (χ2n) is 3.33. The Morgan fingerprint density at radius 3 is 2.65 bits per heavy atom. The first-order valence-electron chi connectivity index (χ1n) is 4.89. The highest BCUT2D eigenvalue weighted by Gasteiger charge is 2.13. The summed E-state index contributed by atoms with van der Waals surface area (Å²) in [4.78, 5) is 1.13. The lowest BCUT2D eigenvalue weighted by atomic mass is 10.1. The fourth-order valence-electron chi connectivity index (χ4n) is 1.45. The van der Waals surface area contributed by atoms with E-state index in [0.29, 0.717) is 0 Å². The van der Waals surface area contributed by atoms with Gasteiger partial charge in [0.1, 0.15) is 5.75 Å². The Morgan fingerprint density at radius 2 is 2.00 bits per heavy atom. The highest BCUT2D eigenvalue weighted by molar-refractivity contribution is 9.09. The summed E-state index contributed by atoms with van der Waals surface area (Å²) < 4.78 is 28.6. The Hall–Kier alpha value is -0.940. The van der Waals surface area contributed by atoms with Gasteiger partial charge in [0.25, 0.3) is 0 Å². The zero-order chi connectivity index (χ0) is 12.3. The van der Waals surface area contributed by atoms with Crippen LogP contribution >= 0.6 is 27.3 Å². The van der Waals surface area contributed by atoms with Gasteiger partial charge >= 0.3 is 6.61 Å². The van der Waals surface area contributed by atoms with Crippen LogP contribution in [0.4, 0.5) is 8.78 Å². The molecular formula is C12H9BrF2OS. The van der Waals surface area contributed by atoms with E-state index in [-0.39, 0.29) is 10.6 Å². The normalized spacial score (nSPS) is 12.7. The summed E-state index contributed by atoms with van der Waals surface area (Å²) in [7, 11) is 0. The van der Waals surface area contributed by atoms with Crippen molar-refractivity contribution in [2.75, 3.05) is 0 Å². The lowest BCUT2D eigenvalue weighted by Gasteiger charge is -2.10. The van der Waals surface area contributed by atoms with Gasteiger partial charge in [-0.1, -0.05) is 34.1 Å². The second kappa shape index (κ2) is 5.60. The zero-order valence-corrected chi connectivity index (χ0v) is 11.0. The van der Waals surface area contributed by atoms with Crippen LogP contribution in [0.2, 0.25) is 0 Å². The molecule has 2 aromatic rings. The van der Waals surface area contributed by atoms with E-state index in [1.807, 2.05) is 23.6 Å². The second-order valence-corrected chi connectivity index (χ2v) is 5.22. The Labute approximate surface area is 110 Å². The minimum absolute atomic E-state index is 0.00345. The molecule has 1 unspecified atom stereocenters. The molecule has 1 atom stereocenters. The molecule has 0 fully saturated rings. The topological polar surface area (TPSA) is 9.23 Å². The summed E-state index contributed by atoms with van der Waals surface area (Å²) in [6.45, 7) is -2.79. The van der Waals surface area contributed by atoms with Crippen molar-refractivity contribution in [1.82, 2.24) is 0 Å². The molecule has 2 rings (SSSR count). The first-order chi connectivity index (χ1) is 8.16. The van der Waals surface area contributed by atoms with Crippen LogP contribution in [-0.2, 0) is 0 Å². The molecule has 0 saturated heterocycles. The number of alkyl halides is 3. The number of hydrogen-bond donors (Lipinski definition) is 0. The SMILES string of the molecule is FC(F)Oc1cccc(C(Br)c2cccs2)c1. The third-order valence-electron chi connectivity index (χ3n) is 2.17. The third kappa shape index (κ3) is 3.26. The van der Waals surface area contributed by atoms with Gasteiger partial charge in [-0.05, 0) is 29.1 Å². The van der Waals surface area contributed by atoms with Gasteiger partial charge in [0.15, 0.2) is 0 Å².